The van der Waals surface area contributed by atoms with Crippen LogP contribution in [0, 0.1) is 0 Å². The van der Waals surface area contributed by atoms with Gasteiger partial charge in [-0.05, 0) is 13.8 Å². The van der Waals surface area contributed by atoms with E-state index in [1.54, 1.807) is 6.92 Å². The molecule has 0 bridgehead atoms. The first kappa shape index (κ1) is 10.7. The summed E-state index contributed by atoms with van der Waals surface area (Å²) in [6.45, 7) is 3.15. The fraction of sp³-hybridized carbons (Fsp3) is 0.800. The molecule has 0 radical (unpaired) electrons. The zero-order valence-corrected chi connectivity index (χ0v) is 7.30. The summed E-state index contributed by atoms with van der Waals surface area (Å²) in [5, 5.41) is 3.85. The molecule has 0 saturated carbocycles. The van der Waals surface area contributed by atoms with Crippen molar-refractivity contribution in [3.8, 4) is 0 Å². The zero-order valence-electron chi connectivity index (χ0n) is 6.48. The molecular formula is C5H13NO4S. The maximum Gasteiger partial charge on any atom is 0.329 e. The van der Waals surface area contributed by atoms with Crippen LogP contribution in [0.5, 0.6) is 0 Å². The lowest BCUT2D eigenvalue weighted by atomic mass is 10.5. The summed E-state index contributed by atoms with van der Waals surface area (Å²) >= 11 is 0. The summed E-state index contributed by atoms with van der Waals surface area (Å²) in [4.78, 5) is 10.8. The first-order valence-electron chi connectivity index (χ1n) is 3.11. The highest BCUT2D eigenvalue weighted by atomic mass is 32.3. The Hall–Kier alpha value is -0.300. The third-order valence-electron chi connectivity index (χ3n) is 1.14. The fourth-order valence-corrected chi connectivity index (χ4v) is 0.753. The minimum Gasteiger partial charge on any atom is -0.465 e. The van der Waals surface area contributed by atoms with Gasteiger partial charge in [0.2, 0.25) is 0 Å². The van der Waals surface area contributed by atoms with Crippen LogP contribution in [0.25, 0.3) is 0 Å². The van der Waals surface area contributed by atoms with E-state index in [2.05, 4.69) is 4.74 Å². The first-order chi connectivity index (χ1) is 4.89. The van der Waals surface area contributed by atoms with Crippen LogP contribution in [0.15, 0.2) is 0 Å². The highest BCUT2D eigenvalue weighted by molar-refractivity contribution is 8.23. The number of nitrogens with two attached hydrogens (primary N) is 1. The van der Waals surface area contributed by atoms with Crippen molar-refractivity contribution in [3.63, 3.8) is 0 Å². The summed E-state index contributed by atoms with van der Waals surface area (Å²) in [6.07, 6.45) is 0. The number of hydrogen-bond donors (Lipinski definition) is 3. The molecule has 0 rings (SSSR count). The molecule has 0 aromatic heterocycles. The summed E-state index contributed by atoms with van der Waals surface area (Å²) in [5.74, 6) is -0.685. The van der Waals surface area contributed by atoms with Crippen molar-refractivity contribution in [2.24, 2.45) is 5.14 Å². The quantitative estimate of drug-likeness (QED) is 0.556. The number of rotatable bonds is 3. The van der Waals surface area contributed by atoms with Crippen LogP contribution in [-0.2, 0) is 9.53 Å². The number of hydrogen-bond acceptors (Lipinski definition) is 5. The van der Waals surface area contributed by atoms with E-state index in [0.717, 1.165) is 0 Å². The van der Waals surface area contributed by atoms with Gasteiger partial charge in [-0.25, -0.2) is 9.93 Å². The summed E-state index contributed by atoms with van der Waals surface area (Å²) in [5.41, 5.74) is 0. The lowest BCUT2D eigenvalue weighted by Gasteiger charge is -2.31. The van der Waals surface area contributed by atoms with E-state index in [0.29, 0.717) is 0 Å². The Bertz CT molecular complexity index is 144. The molecular weight excluding hydrogens is 170 g/mol. The molecule has 68 valence electrons. The second-order valence-corrected chi connectivity index (χ2v) is 4.02. The number of carbonyl (C=O) groups is 1. The molecule has 0 aromatic carbocycles. The molecule has 0 aliphatic rings. The van der Waals surface area contributed by atoms with Gasteiger partial charge in [0, 0.05) is 0 Å². The Morgan fingerprint density at radius 3 is 2.45 bits per heavy atom. The second-order valence-electron chi connectivity index (χ2n) is 2.03. The molecule has 0 saturated heterocycles. The highest BCUT2D eigenvalue weighted by Gasteiger charge is 2.25. The molecule has 0 heterocycles. The van der Waals surface area contributed by atoms with Crippen molar-refractivity contribution < 1.29 is 18.6 Å². The highest BCUT2D eigenvalue weighted by Crippen LogP contribution is 2.35. The van der Waals surface area contributed by atoms with E-state index in [9.17, 15) is 4.79 Å². The summed E-state index contributed by atoms with van der Waals surface area (Å²) in [7, 11) is -3.30. The van der Waals surface area contributed by atoms with Crippen LogP contribution >= 0.6 is 10.8 Å². The fourth-order valence-electron chi connectivity index (χ4n) is 0.401. The molecule has 11 heavy (non-hydrogen) atoms. The zero-order chi connectivity index (χ0) is 9.07. The van der Waals surface area contributed by atoms with Crippen LogP contribution in [0.4, 0.5) is 0 Å². The van der Waals surface area contributed by atoms with Crippen LogP contribution < -0.4 is 5.14 Å². The van der Waals surface area contributed by atoms with Crippen LogP contribution in [-0.4, -0.2) is 26.9 Å². The van der Waals surface area contributed by atoms with E-state index in [4.69, 9.17) is 14.2 Å². The number of carbonyl (C=O) groups excluding carboxylic acids is 1. The maximum absolute atomic E-state index is 10.8. The molecule has 5 nitrogen and oxygen atoms in total. The van der Waals surface area contributed by atoms with Gasteiger partial charge in [0.25, 0.3) is 0 Å². The Balaban J connectivity index is 4.03. The van der Waals surface area contributed by atoms with Crippen molar-refractivity contribution >= 4 is 16.7 Å². The van der Waals surface area contributed by atoms with Gasteiger partial charge in [0.15, 0.2) is 5.25 Å². The second kappa shape index (κ2) is 3.91. The third-order valence-corrected chi connectivity index (χ3v) is 2.37. The predicted molar refractivity (Wildman–Crippen MR) is 43.1 cm³/mol. The van der Waals surface area contributed by atoms with E-state index in [-0.39, 0.29) is 6.61 Å². The van der Waals surface area contributed by atoms with Gasteiger partial charge in [0.1, 0.15) is 0 Å². The summed E-state index contributed by atoms with van der Waals surface area (Å²) < 4.78 is 22.1. The number of ether oxygens (including phenoxy) is 1. The first-order valence-corrected chi connectivity index (χ1v) is 4.78. The largest absolute Gasteiger partial charge is 0.465 e. The van der Waals surface area contributed by atoms with Crippen molar-refractivity contribution in [1.29, 1.82) is 0 Å². The number of esters is 1. The molecule has 1 unspecified atom stereocenters. The molecule has 1 atom stereocenters. The van der Waals surface area contributed by atoms with Gasteiger partial charge >= 0.3 is 5.97 Å². The molecule has 0 amide bonds. The average Bonchev–Trinajstić information content (AvgIpc) is 1.85. The van der Waals surface area contributed by atoms with Gasteiger partial charge in [-0.3, -0.25) is 9.11 Å². The van der Waals surface area contributed by atoms with Gasteiger partial charge in [0.05, 0.1) is 6.61 Å². The van der Waals surface area contributed by atoms with Crippen molar-refractivity contribution in [2.75, 3.05) is 6.61 Å². The SMILES string of the molecule is CCOC(=O)C(C)S(N)(O)O. The van der Waals surface area contributed by atoms with Crippen molar-refractivity contribution in [1.82, 2.24) is 0 Å². The Labute approximate surface area is 67.0 Å². The molecule has 0 fully saturated rings. The maximum atomic E-state index is 10.8. The normalized spacial score (nSPS) is 15.7. The Morgan fingerprint density at radius 1 is 1.73 bits per heavy atom. The van der Waals surface area contributed by atoms with Crippen LogP contribution in [0.2, 0.25) is 0 Å². The molecule has 0 aliphatic heterocycles. The van der Waals surface area contributed by atoms with Gasteiger partial charge < -0.3 is 4.74 Å². The molecule has 0 aliphatic carbocycles. The monoisotopic (exact) mass is 183 g/mol. The topological polar surface area (TPSA) is 92.8 Å². The Morgan fingerprint density at radius 2 is 2.18 bits per heavy atom. The minimum atomic E-state index is -3.30. The van der Waals surface area contributed by atoms with Crippen LogP contribution in [0.3, 0.4) is 0 Å². The molecule has 4 N–H and O–H groups in total. The van der Waals surface area contributed by atoms with E-state index in [1.807, 2.05) is 0 Å². The van der Waals surface area contributed by atoms with E-state index >= 15 is 0 Å². The van der Waals surface area contributed by atoms with Crippen molar-refractivity contribution in [3.05, 3.63) is 0 Å². The molecule has 0 spiro atoms. The minimum absolute atomic E-state index is 0.207. The molecule has 0 aromatic rings. The lowest BCUT2D eigenvalue weighted by Crippen LogP contribution is -2.30. The average molecular weight is 183 g/mol. The Kier molecular flexibility index (Phi) is 3.81. The smallest absolute Gasteiger partial charge is 0.329 e. The van der Waals surface area contributed by atoms with Gasteiger partial charge in [-0.2, -0.15) is 0 Å². The van der Waals surface area contributed by atoms with Gasteiger partial charge in [-0.15, -0.1) is 10.8 Å². The third kappa shape index (κ3) is 3.57. The van der Waals surface area contributed by atoms with Crippen LogP contribution in [0.1, 0.15) is 13.8 Å². The van der Waals surface area contributed by atoms with E-state index in [1.165, 1.54) is 6.92 Å². The summed E-state index contributed by atoms with van der Waals surface area (Å²) in [6, 6.07) is 0. The lowest BCUT2D eigenvalue weighted by molar-refractivity contribution is -0.142. The standard InChI is InChI=1S/C5H13NO4S/c1-3-10-5(7)4(2)11(6,8)9/h4,8-9H,3,6H2,1-2H3. The van der Waals surface area contributed by atoms with E-state index < -0.39 is 22.0 Å². The van der Waals surface area contributed by atoms with Gasteiger partial charge in [-0.1, -0.05) is 0 Å². The van der Waals surface area contributed by atoms with Crippen molar-refractivity contribution in [2.45, 2.75) is 19.1 Å². The molecule has 6 heteroatoms. The predicted octanol–water partition coefficient (Wildman–Crippen LogP) is 0.562.